The van der Waals surface area contributed by atoms with Crippen molar-refractivity contribution in [2.75, 3.05) is 14.1 Å². The first-order valence-corrected chi connectivity index (χ1v) is 12.1. The van der Waals surface area contributed by atoms with E-state index in [1.165, 1.54) is 26.2 Å². The maximum absolute atomic E-state index is 12.6. The lowest BCUT2D eigenvalue weighted by molar-refractivity contribution is -0.119. The predicted molar refractivity (Wildman–Crippen MR) is 125 cm³/mol. The van der Waals surface area contributed by atoms with Gasteiger partial charge >= 0.3 is 6.03 Å². The van der Waals surface area contributed by atoms with E-state index in [2.05, 4.69) is 15.5 Å². The third kappa shape index (κ3) is 5.41. The van der Waals surface area contributed by atoms with Crippen LogP contribution >= 0.6 is 11.8 Å². The van der Waals surface area contributed by atoms with Crippen molar-refractivity contribution in [3.8, 4) is 17.1 Å². The summed E-state index contributed by atoms with van der Waals surface area (Å²) in [5, 5.41) is 10.3. The van der Waals surface area contributed by atoms with Crippen molar-refractivity contribution >= 4 is 33.7 Å². The molecule has 1 heterocycles. The van der Waals surface area contributed by atoms with Crippen LogP contribution in [0.25, 0.3) is 17.1 Å². The first-order valence-electron chi connectivity index (χ1n) is 9.83. The van der Waals surface area contributed by atoms with Gasteiger partial charge in [-0.15, -0.1) is 10.2 Å². The SMILES string of the molecule is Cc1cccc(-n2c(SC(C)C(=O)NC(N)=O)nnc2-c2cccc(S(=O)(=O)N(C)C)c2)c1. The number of sulfonamides is 1. The maximum Gasteiger partial charge on any atom is 0.318 e. The summed E-state index contributed by atoms with van der Waals surface area (Å²) in [6.07, 6.45) is 0. The lowest BCUT2D eigenvalue weighted by atomic mass is 10.2. The largest absolute Gasteiger partial charge is 0.351 e. The fourth-order valence-corrected chi connectivity index (χ4v) is 4.79. The summed E-state index contributed by atoms with van der Waals surface area (Å²) >= 11 is 1.09. The molecule has 174 valence electrons. The van der Waals surface area contributed by atoms with Crippen molar-refractivity contribution in [2.24, 2.45) is 5.73 Å². The van der Waals surface area contributed by atoms with Gasteiger partial charge in [0.15, 0.2) is 11.0 Å². The van der Waals surface area contributed by atoms with Gasteiger partial charge in [0, 0.05) is 25.3 Å². The molecule has 12 heteroatoms. The Balaban J connectivity index is 2.12. The Morgan fingerprint density at radius 1 is 1.12 bits per heavy atom. The predicted octanol–water partition coefficient (Wildman–Crippen LogP) is 2.17. The Bertz CT molecular complexity index is 1300. The zero-order valence-corrected chi connectivity index (χ0v) is 20.1. The molecule has 3 amide bonds. The highest BCUT2D eigenvalue weighted by Gasteiger charge is 2.24. The van der Waals surface area contributed by atoms with E-state index in [-0.39, 0.29) is 4.90 Å². The van der Waals surface area contributed by atoms with Crippen LogP contribution in [0, 0.1) is 6.92 Å². The lowest BCUT2D eigenvalue weighted by Gasteiger charge is -2.15. The molecular weight excluding hydrogens is 464 g/mol. The van der Waals surface area contributed by atoms with Gasteiger partial charge in [0.05, 0.1) is 10.1 Å². The van der Waals surface area contributed by atoms with Crippen LogP contribution in [-0.4, -0.2) is 58.8 Å². The fourth-order valence-electron chi connectivity index (χ4n) is 2.97. The quantitative estimate of drug-likeness (QED) is 0.486. The summed E-state index contributed by atoms with van der Waals surface area (Å²) in [7, 11) is -0.727. The molecule has 0 aliphatic carbocycles. The van der Waals surface area contributed by atoms with Crippen molar-refractivity contribution in [3.05, 3.63) is 54.1 Å². The highest BCUT2D eigenvalue weighted by atomic mass is 32.2. The molecule has 0 saturated heterocycles. The normalized spacial score (nSPS) is 12.5. The standard InChI is InChI=1S/C21H24N6O4S2/c1-13-7-5-9-16(11-13)27-18(15-8-6-10-17(12-15)33(30,31)26(3)4)24-25-21(27)32-14(2)19(28)23-20(22)29/h5-12,14H,1-4H3,(H3,22,23,28,29). The zero-order chi connectivity index (χ0) is 24.3. The number of hydrogen-bond donors (Lipinski definition) is 2. The Kier molecular flexibility index (Phi) is 7.20. The Morgan fingerprint density at radius 2 is 1.82 bits per heavy atom. The van der Waals surface area contributed by atoms with Crippen molar-refractivity contribution in [2.45, 2.75) is 29.1 Å². The number of imide groups is 1. The molecular formula is C21H24N6O4S2. The second kappa shape index (κ2) is 9.73. The van der Waals surface area contributed by atoms with Gasteiger partial charge in [-0.3, -0.25) is 14.7 Å². The number of aromatic nitrogens is 3. The minimum Gasteiger partial charge on any atom is -0.351 e. The van der Waals surface area contributed by atoms with E-state index >= 15 is 0 Å². The van der Waals surface area contributed by atoms with E-state index < -0.39 is 27.2 Å². The smallest absolute Gasteiger partial charge is 0.318 e. The second-order valence-corrected chi connectivity index (χ2v) is 10.9. The topological polar surface area (TPSA) is 140 Å². The first-order chi connectivity index (χ1) is 15.5. The average Bonchev–Trinajstić information content (AvgIpc) is 3.16. The van der Waals surface area contributed by atoms with Gasteiger partial charge in [-0.05, 0) is 43.7 Å². The Hall–Kier alpha value is -3.22. The van der Waals surface area contributed by atoms with Gasteiger partial charge < -0.3 is 5.73 Å². The number of nitrogens with one attached hydrogen (secondary N) is 1. The number of amides is 3. The summed E-state index contributed by atoms with van der Waals surface area (Å²) in [5.41, 5.74) is 7.31. The van der Waals surface area contributed by atoms with E-state index in [0.29, 0.717) is 16.5 Å². The molecule has 3 aromatic rings. The second-order valence-electron chi connectivity index (χ2n) is 7.41. The van der Waals surface area contributed by atoms with E-state index in [1.54, 1.807) is 23.6 Å². The summed E-state index contributed by atoms with van der Waals surface area (Å²) < 4.78 is 28.1. The monoisotopic (exact) mass is 488 g/mol. The minimum atomic E-state index is -3.65. The number of nitrogens with zero attached hydrogens (tertiary/aromatic N) is 4. The number of thioether (sulfide) groups is 1. The van der Waals surface area contributed by atoms with Crippen LogP contribution in [0.1, 0.15) is 12.5 Å². The minimum absolute atomic E-state index is 0.118. The number of hydrogen-bond acceptors (Lipinski definition) is 7. The molecule has 0 saturated carbocycles. The highest BCUT2D eigenvalue weighted by molar-refractivity contribution is 8.00. The summed E-state index contributed by atoms with van der Waals surface area (Å²) in [4.78, 5) is 23.3. The molecule has 3 N–H and O–H groups in total. The fraction of sp³-hybridized carbons (Fsp3) is 0.238. The van der Waals surface area contributed by atoms with Crippen LogP contribution in [0.5, 0.6) is 0 Å². The number of aryl methyl sites for hydroxylation is 1. The number of carbonyl (C=O) groups excluding carboxylic acids is 2. The first kappa shape index (κ1) is 24.4. The number of carbonyl (C=O) groups is 2. The van der Waals surface area contributed by atoms with Crippen LogP contribution in [0.15, 0.2) is 58.6 Å². The van der Waals surface area contributed by atoms with Crippen molar-refractivity contribution in [1.29, 1.82) is 0 Å². The molecule has 2 aromatic carbocycles. The average molecular weight is 489 g/mol. The van der Waals surface area contributed by atoms with Crippen LogP contribution < -0.4 is 11.1 Å². The van der Waals surface area contributed by atoms with Crippen LogP contribution in [0.4, 0.5) is 4.79 Å². The molecule has 1 unspecified atom stereocenters. The molecule has 0 aliphatic heterocycles. The molecule has 0 radical (unpaired) electrons. The van der Waals surface area contributed by atoms with Crippen LogP contribution in [0.3, 0.4) is 0 Å². The van der Waals surface area contributed by atoms with Crippen molar-refractivity contribution in [1.82, 2.24) is 24.4 Å². The van der Waals surface area contributed by atoms with Crippen LogP contribution in [0.2, 0.25) is 0 Å². The lowest BCUT2D eigenvalue weighted by Crippen LogP contribution is -2.39. The molecule has 10 nitrogen and oxygen atoms in total. The van der Waals surface area contributed by atoms with Crippen molar-refractivity contribution in [3.63, 3.8) is 0 Å². The van der Waals surface area contributed by atoms with Gasteiger partial charge in [-0.25, -0.2) is 17.5 Å². The molecule has 1 atom stereocenters. The molecule has 0 spiro atoms. The van der Waals surface area contributed by atoms with Gasteiger partial charge in [0.25, 0.3) is 0 Å². The molecule has 0 fully saturated rings. The number of urea groups is 1. The molecule has 3 rings (SSSR count). The van der Waals surface area contributed by atoms with Crippen molar-refractivity contribution < 1.29 is 18.0 Å². The number of nitrogens with two attached hydrogens (primary N) is 1. The summed E-state index contributed by atoms with van der Waals surface area (Å²) in [6.45, 7) is 3.55. The van der Waals surface area contributed by atoms with Crippen LogP contribution in [-0.2, 0) is 14.8 Å². The molecule has 0 aliphatic rings. The van der Waals surface area contributed by atoms with E-state index in [1.807, 2.05) is 31.2 Å². The summed E-state index contributed by atoms with van der Waals surface area (Å²) in [5.74, 6) is -0.159. The number of rotatable bonds is 7. The van der Waals surface area contributed by atoms with Gasteiger partial charge in [-0.2, -0.15) is 0 Å². The number of primary amides is 1. The zero-order valence-electron chi connectivity index (χ0n) is 18.5. The summed E-state index contributed by atoms with van der Waals surface area (Å²) in [6, 6.07) is 13.1. The van der Waals surface area contributed by atoms with Gasteiger partial charge in [0.1, 0.15) is 0 Å². The molecule has 1 aromatic heterocycles. The third-order valence-electron chi connectivity index (χ3n) is 4.66. The van der Waals surface area contributed by atoms with Gasteiger partial charge in [-0.1, -0.05) is 36.0 Å². The molecule has 0 bridgehead atoms. The Morgan fingerprint density at radius 3 is 2.45 bits per heavy atom. The number of benzene rings is 2. The maximum atomic E-state index is 12.6. The van der Waals surface area contributed by atoms with E-state index in [0.717, 1.165) is 27.3 Å². The van der Waals surface area contributed by atoms with E-state index in [4.69, 9.17) is 5.73 Å². The third-order valence-corrected chi connectivity index (χ3v) is 7.52. The highest BCUT2D eigenvalue weighted by Crippen LogP contribution is 2.31. The molecule has 33 heavy (non-hydrogen) atoms. The Labute approximate surface area is 196 Å². The van der Waals surface area contributed by atoms with E-state index in [9.17, 15) is 18.0 Å². The van der Waals surface area contributed by atoms with Gasteiger partial charge in [0.2, 0.25) is 15.9 Å².